The smallest absolute Gasteiger partial charge is 0.306 e. The third kappa shape index (κ3) is 3.62. The van der Waals surface area contributed by atoms with Gasteiger partial charge < -0.3 is 5.32 Å². The number of amides is 2. The van der Waals surface area contributed by atoms with E-state index in [0.29, 0.717) is 17.9 Å². The molecule has 1 N–H and O–H groups in total. The van der Waals surface area contributed by atoms with Crippen molar-refractivity contribution in [2.24, 2.45) is 0 Å². The highest BCUT2D eigenvalue weighted by atomic mass is 16.7. The van der Waals surface area contributed by atoms with Crippen LogP contribution in [0.15, 0.2) is 60.7 Å². The average molecular weight is 414 g/mol. The summed E-state index contributed by atoms with van der Waals surface area (Å²) in [5.41, 5.74) is 5.08. The second-order valence-electron chi connectivity index (χ2n) is 7.57. The summed E-state index contributed by atoms with van der Waals surface area (Å²) in [4.78, 5) is 18.7. The number of hydrogen-bond donors (Lipinski definition) is 1. The van der Waals surface area contributed by atoms with Crippen molar-refractivity contribution >= 4 is 17.4 Å². The molecule has 1 aliphatic heterocycles. The molecule has 8 nitrogen and oxygen atoms in total. The monoisotopic (exact) mass is 414 g/mol. The quantitative estimate of drug-likeness (QED) is 0.540. The van der Waals surface area contributed by atoms with Gasteiger partial charge in [0.15, 0.2) is 11.5 Å². The van der Waals surface area contributed by atoms with E-state index in [1.807, 2.05) is 74.5 Å². The molecule has 2 amide bonds. The summed E-state index contributed by atoms with van der Waals surface area (Å²) >= 11 is 0. The lowest BCUT2D eigenvalue weighted by molar-refractivity contribution is -0.0829. The van der Waals surface area contributed by atoms with E-state index in [1.165, 1.54) is 5.06 Å². The standard InChI is InChI=1S/C23H22N6O2/c1-15-8-9-18(19-10-11-22-26-25-16(2)28(22)27-19)14-20(15)24-23(30)29-21(12-13-31-29)17-6-4-3-5-7-17/h3-11,14,21H,12-13H2,1-2H3,(H,24,30). The second-order valence-corrected chi connectivity index (χ2v) is 7.57. The number of carbonyl (C=O) groups excluding carboxylic acids is 1. The second kappa shape index (κ2) is 7.81. The molecule has 1 atom stereocenters. The molecular formula is C23H22N6O2. The summed E-state index contributed by atoms with van der Waals surface area (Å²) < 4.78 is 1.70. The number of carbonyl (C=O) groups is 1. The maximum absolute atomic E-state index is 13.0. The number of aryl methyl sites for hydroxylation is 2. The van der Waals surface area contributed by atoms with Crippen LogP contribution < -0.4 is 5.32 Å². The van der Waals surface area contributed by atoms with Gasteiger partial charge in [0, 0.05) is 17.7 Å². The summed E-state index contributed by atoms with van der Waals surface area (Å²) in [5, 5.41) is 17.2. The predicted octanol–water partition coefficient (Wildman–Crippen LogP) is 4.32. The first-order valence-electron chi connectivity index (χ1n) is 10.2. The highest BCUT2D eigenvalue weighted by Crippen LogP contribution is 2.31. The van der Waals surface area contributed by atoms with Gasteiger partial charge in [0.1, 0.15) is 0 Å². The molecule has 0 bridgehead atoms. The summed E-state index contributed by atoms with van der Waals surface area (Å²) in [6, 6.07) is 19.2. The van der Waals surface area contributed by atoms with Crippen molar-refractivity contribution in [3.05, 3.63) is 77.6 Å². The fourth-order valence-corrected chi connectivity index (χ4v) is 3.78. The number of fused-ring (bicyclic) bond motifs is 1. The van der Waals surface area contributed by atoms with Crippen LogP contribution in [0.25, 0.3) is 16.9 Å². The number of rotatable bonds is 3. The van der Waals surface area contributed by atoms with Gasteiger partial charge in [0.05, 0.1) is 18.3 Å². The van der Waals surface area contributed by atoms with E-state index in [2.05, 4.69) is 20.6 Å². The normalized spacial score (nSPS) is 16.1. The first kappa shape index (κ1) is 19.2. The molecule has 4 aromatic rings. The lowest BCUT2D eigenvalue weighted by Crippen LogP contribution is -2.33. The molecular weight excluding hydrogens is 392 g/mol. The van der Waals surface area contributed by atoms with Gasteiger partial charge in [-0.05, 0) is 43.2 Å². The topological polar surface area (TPSA) is 84.7 Å². The molecule has 0 spiro atoms. The number of anilines is 1. The number of hydrogen-bond acceptors (Lipinski definition) is 5. The third-order valence-corrected chi connectivity index (χ3v) is 5.48. The van der Waals surface area contributed by atoms with Crippen molar-refractivity contribution in [1.29, 1.82) is 0 Å². The van der Waals surface area contributed by atoms with Gasteiger partial charge in [0.25, 0.3) is 0 Å². The summed E-state index contributed by atoms with van der Waals surface area (Å²) in [5.74, 6) is 0.718. The van der Waals surface area contributed by atoms with Crippen LogP contribution in [0, 0.1) is 13.8 Å². The van der Waals surface area contributed by atoms with Crippen LogP contribution in [-0.4, -0.2) is 37.5 Å². The molecule has 2 aromatic carbocycles. The van der Waals surface area contributed by atoms with Crippen molar-refractivity contribution in [1.82, 2.24) is 24.9 Å². The Labute approximate surface area is 179 Å². The number of nitrogens with zero attached hydrogens (tertiary/aromatic N) is 5. The zero-order chi connectivity index (χ0) is 21.4. The molecule has 1 aliphatic rings. The highest BCUT2D eigenvalue weighted by molar-refractivity contribution is 5.90. The molecule has 1 saturated heterocycles. The Hall–Kier alpha value is -3.78. The average Bonchev–Trinajstić information content (AvgIpc) is 3.43. The lowest BCUT2D eigenvalue weighted by Gasteiger charge is -2.23. The molecule has 0 saturated carbocycles. The molecule has 0 aliphatic carbocycles. The number of nitrogens with one attached hydrogen (secondary N) is 1. The van der Waals surface area contributed by atoms with Crippen LogP contribution in [0.3, 0.4) is 0 Å². The van der Waals surface area contributed by atoms with Gasteiger partial charge in [0.2, 0.25) is 0 Å². The minimum absolute atomic E-state index is 0.106. The van der Waals surface area contributed by atoms with Gasteiger partial charge in [-0.15, -0.1) is 10.2 Å². The Morgan fingerprint density at radius 3 is 2.74 bits per heavy atom. The summed E-state index contributed by atoms with van der Waals surface area (Å²) in [7, 11) is 0. The van der Waals surface area contributed by atoms with Crippen LogP contribution >= 0.6 is 0 Å². The number of urea groups is 1. The number of hydroxylamine groups is 2. The van der Waals surface area contributed by atoms with Crippen LogP contribution in [0.2, 0.25) is 0 Å². The zero-order valence-corrected chi connectivity index (χ0v) is 17.3. The molecule has 1 fully saturated rings. The van der Waals surface area contributed by atoms with Crippen LogP contribution in [-0.2, 0) is 4.84 Å². The van der Waals surface area contributed by atoms with E-state index in [1.54, 1.807) is 4.52 Å². The fraction of sp³-hybridized carbons (Fsp3) is 0.217. The summed E-state index contributed by atoms with van der Waals surface area (Å²) in [6.45, 7) is 4.32. The van der Waals surface area contributed by atoms with Crippen molar-refractivity contribution in [2.45, 2.75) is 26.3 Å². The number of benzene rings is 2. The van der Waals surface area contributed by atoms with E-state index in [-0.39, 0.29) is 12.1 Å². The van der Waals surface area contributed by atoms with Gasteiger partial charge >= 0.3 is 6.03 Å². The van der Waals surface area contributed by atoms with Crippen LogP contribution in [0.4, 0.5) is 10.5 Å². The zero-order valence-electron chi connectivity index (χ0n) is 17.3. The third-order valence-electron chi connectivity index (χ3n) is 5.48. The molecule has 2 aromatic heterocycles. The van der Waals surface area contributed by atoms with E-state index in [0.717, 1.165) is 34.6 Å². The van der Waals surface area contributed by atoms with Gasteiger partial charge in [-0.1, -0.05) is 42.5 Å². The number of aromatic nitrogens is 4. The van der Waals surface area contributed by atoms with Crippen LogP contribution in [0.1, 0.15) is 29.4 Å². The van der Waals surface area contributed by atoms with E-state index in [9.17, 15) is 4.79 Å². The highest BCUT2D eigenvalue weighted by Gasteiger charge is 2.32. The lowest BCUT2D eigenvalue weighted by atomic mass is 10.0. The molecule has 8 heteroatoms. The minimum Gasteiger partial charge on any atom is -0.306 e. The Morgan fingerprint density at radius 1 is 1.06 bits per heavy atom. The SMILES string of the molecule is Cc1ccc(-c2ccc3nnc(C)n3n2)cc1NC(=O)N1OCCC1c1ccccc1. The van der Waals surface area contributed by atoms with Gasteiger partial charge in [-0.2, -0.15) is 14.7 Å². The molecule has 0 radical (unpaired) electrons. The maximum Gasteiger partial charge on any atom is 0.346 e. The van der Waals surface area contributed by atoms with Crippen molar-refractivity contribution in [3.63, 3.8) is 0 Å². The molecule has 3 heterocycles. The minimum atomic E-state index is -0.287. The fourth-order valence-electron chi connectivity index (χ4n) is 3.78. The Bertz CT molecular complexity index is 1250. The van der Waals surface area contributed by atoms with E-state index < -0.39 is 0 Å². The van der Waals surface area contributed by atoms with Crippen molar-refractivity contribution < 1.29 is 9.63 Å². The van der Waals surface area contributed by atoms with Gasteiger partial charge in [-0.25, -0.2) is 4.79 Å². The van der Waals surface area contributed by atoms with E-state index in [4.69, 9.17) is 4.84 Å². The molecule has 1 unspecified atom stereocenters. The Morgan fingerprint density at radius 2 is 1.90 bits per heavy atom. The Balaban J connectivity index is 1.41. The maximum atomic E-state index is 13.0. The molecule has 156 valence electrons. The van der Waals surface area contributed by atoms with Crippen molar-refractivity contribution in [2.75, 3.05) is 11.9 Å². The Kier molecular flexibility index (Phi) is 4.83. The van der Waals surface area contributed by atoms with Crippen molar-refractivity contribution in [3.8, 4) is 11.3 Å². The van der Waals surface area contributed by atoms with Crippen LogP contribution in [0.5, 0.6) is 0 Å². The van der Waals surface area contributed by atoms with Gasteiger partial charge in [-0.3, -0.25) is 4.84 Å². The first-order valence-corrected chi connectivity index (χ1v) is 10.2. The largest absolute Gasteiger partial charge is 0.346 e. The molecule has 5 rings (SSSR count). The molecule has 31 heavy (non-hydrogen) atoms. The predicted molar refractivity (Wildman–Crippen MR) is 116 cm³/mol. The van der Waals surface area contributed by atoms with E-state index >= 15 is 0 Å². The first-order chi connectivity index (χ1) is 15.1. The summed E-state index contributed by atoms with van der Waals surface area (Å²) in [6.07, 6.45) is 0.763.